The molecule has 3 aromatic rings. The number of carbonyl (C=O) groups is 1. The van der Waals surface area contributed by atoms with Gasteiger partial charge in [-0.2, -0.15) is 5.26 Å². The minimum absolute atomic E-state index is 0.256. The van der Waals surface area contributed by atoms with Gasteiger partial charge in [0.15, 0.2) is 0 Å². The van der Waals surface area contributed by atoms with Gasteiger partial charge in [-0.1, -0.05) is 76.3 Å². The van der Waals surface area contributed by atoms with Gasteiger partial charge in [-0.3, -0.25) is 0 Å². The Balaban J connectivity index is 1.63. The summed E-state index contributed by atoms with van der Waals surface area (Å²) in [4.78, 5) is 18.8. The third-order valence-electron chi connectivity index (χ3n) is 6.87. The summed E-state index contributed by atoms with van der Waals surface area (Å²) in [5, 5.41) is 18.5. The highest BCUT2D eigenvalue weighted by molar-refractivity contribution is 7.99. The molecule has 2 heterocycles. The number of benzene rings is 2. The van der Waals surface area contributed by atoms with Crippen LogP contribution in [-0.2, 0) is 11.2 Å². The van der Waals surface area contributed by atoms with E-state index in [2.05, 4.69) is 55.1 Å². The highest BCUT2D eigenvalue weighted by atomic mass is 32.2. The van der Waals surface area contributed by atoms with Crippen LogP contribution in [0.4, 0.5) is 11.4 Å². The molecule has 1 N–H and O–H groups in total. The molecule has 0 saturated heterocycles. The minimum Gasteiger partial charge on any atom is -0.477 e. The van der Waals surface area contributed by atoms with Crippen molar-refractivity contribution in [3.63, 3.8) is 0 Å². The van der Waals surface area contributed by atoms with Crippen LogP contribution < -0.4 is 4.90 Å². The van der Waals surface area contributed by atoms with E-state index < -0.39 is 5.97 Å². The molecule has 0 fully saturated rings. The van der Waals surface area contributed by atoms with Crippen LogP contribution in [0.5, 0.6) is 0 Å². The summed E-state index contributed by atoms with van der Waals surface area (Å²) in [7, 11) is 0. The first-order valence-electron chi connectivity index (χ1n) is 13.7. The maximum atomic E-state index is 11.4. The third-order valence-corrected chi connectivity index (χ3v) is 9.15. The summed E-state index contributed by atoms with van der Waals surface area (Å²) in [6, 6.07) is 19.1. The van der Waals surface area contributed by atoms with Crippen molar-refractivity contribution in [3.8, 4) is 16.5 Å². The van der Waals surface area contributed by atoms with E-state index >= 15 is 0 Å². The summed E-state index contributed by atoms with van der Waals surface area (Å²) in [5.41, 5.74) is 4.08. The van der Waals surface area contributed by atoms with Crippen molar-refractivity contribution in [3.05, 3.63) is 64.5 Å². The smallest absolute Gasteiger partial charge is 0.346 e. The first-order valence-corrected chi connectivity index (χ1v) is 15.3. The van der Waals surface area contributed by atoms with E-state index in [-0.39, 0.29) is 5.57 Å². The van der Waals surface area contributed by atoms with E-state index in [0.29, 0.717) is 0 Å². The molecule has 6 heteroatoms. The number of rotatable bonds is 13. The zero-order valence-corrected chi connectivity index (χ0v) is 24.0. The highest BCUT2D eigenvalue weighted by Crippen LogP contribution is 2.50. The zero-order valence-electron chi connectivity index (χ0n) is 22.3. The molecule has 4 nitrogen and oxygen atoms in total. The van der Waals surface area contributed by atoms with E-state index in [1.54, 1.807) is 17.8 Å². The van der Waals surface area contributed by atoms with Crippen LogP contribution >= 0.6 is 23.1 Å². The van der Waals surface area contributed by atoms with Crippen molar-refractivity contribution in [2.45, 2.75) is 81.4 Å². The molecule has 1 aromatic heterocycles. The highest BCUT2D eigenvalue weighted by Gasteiger charge is 2.24. The van der Waals surface area contributed by atoms with Gasteiger partial charge in [-0.15, -0.1) is 11.3 Å². The van der Waals surface area contributed by atoms with Crippen molar-refractivity contribution < 1.29 is 9.90 Å². The molecule has 38 heavy (non-hydrogen) atoms. The second kappa shape index (κ2) is 13.7. The Morgan fingerprint density at radius 3 is 2.34 bits per heavy atom. The van der Waals surface area contributed by atoms with Gasteiger partial charge >= 0.3 is 5.97 Å². The Hall–Kier alpha value is -3.01. The first-order chi connectivity index (χ1) is 18.5. The lowest BCUT2D eigenvalue weighted by atomic mass is 10.1. The second-order valence-corrected chi connectivity index (χ2v) is 12.0. The molecule has 0 bridgehead atoms. The molecule has 0 unspecified atom stereocenters. The number of thiophene rings is 1. The Kier molecular flexibility index (Phi) is 10.1. The predicted octanol–water partition coefficient (Wildman–Crippen LogP) is 9.71. The molecule has 1 aliphatic rings. The van der Waals surface area contributed by atoms with Crippen molar-refractivity contribution in [1.29, 1.82) is 5.26 Å². The van der Waals surface area contributed by atoms with Crippen molar-refractivity contribution in [2.75, 3.05) is 11.4 Å². The molecule has 198 valence electrons. The fraction of sp³-hybridized carbons (Fsp3) is 0.375. The largest absolute Gasteiger partial charge is 0.477 e. The van der Waals surface area contributed by atoms with Gasteiger partial charge in [0.25, 0.3) is 0 Å². The number of fused-ring (bicyclic) bond motifs is 2. The Morgan fingerprint density at radius 2 is 1.63 bits per heavy atom. The van der Waals surface area contributed by atoms with Crippen LogP contribution in [0.3, 0.4) is 0 Å². The number of hydrogen-bond acceptors (Lipinski definition) is 5. The lowest BCUT2D eigenvalue weighted by molar-refractivity contribution is -0.132. The Morgan fingerprint density at radius 1 is 0.921 bits per heavy atom. The number of hydrogen-bond donors (Lipinski definition) is 1. The number of nitrogens with zero attached hydrogens (tertiary/aromatic N) is 2. The summed E-state index contributed by atoms with van der Waals surface area (Å²) in [6.45, 7) is 5.42. The summed E-state index contributed by atoms with van der Waals surface area (Å²) >= 11 is 3.62. The average molecular weight is 545 g/mol. The van der Waals surface area contributed by atoms with Crippen LogP contribution in [0, 0.1) is 11.3 Å². The van der Waals surface area contributed by atoms with E-state index in [4.69, 9.17) is 0 Å². The zero-order chi connectivity index (χ0) is 26.9. The lowest BCUT2D eigenvalue weighted by Crippen LogP contribution is -2.22. The van der Waals surface area contributed by atoms with Crippen LogP contribution in [0.15, 0.2) is 63.9 Å². The average Bonchev–Trinajstić information content (AvgIpc) is 3.40. The Labute approximate surface area is 235 Å². The minimum atomic E-state index is -1.20. The molecule has 1 aliphatic heterocycles. The van der Waals surface area contributed by atoms with Gasteiger partial charge in [-0.05, 0) is 72.9 Å². The van der Waals surface area contributed by atoms with Gasteiger partial charge in [-0.25, -0.2) is 4.79 Å². The molecular weight excluding hydrogens is 508 g/mol. The van der Waals surface area contributed by atoms with Gasteiger partial charge in [0, 0.05) is 26.1 Å². The molecule has 0 radical (unpaired) electrons. The van der Waals surface area contributed by atoms with Crippen molar-refractivity contribution in [2.24, 2.45) is 0 Å². The second-order valence-electron chi connectivity index (χ2n) is 9.78. The van der Waals surface area contributed by atoms with Gasteiger partial charge in [0.2, 0.25) is 0 Å². The monoisotopic (exact) mass is 544 g/mol. The van der Waals surface area contributed by atoms with E-state index in [0.717, 1.165) is 35.5 Å². The van der Waals surface area contributed by atoms with Crippen molar-refractivity contribution >= 4 is 46.5 Å². The summed E-state index contributed by atoms with van der Waals surface area (Å²) in [5.74, 6) is -1.20. The SMILES string of the molecule is CCCCCCc1ccc(-c2ccc3c(c2)Sc2cc(/C=C(\C#N)C(=O)O)ccc2N3CCCCCC)s1. The first kappa shape index (κ1) is 28.0. The lowest BCUT2D eigenvalue weighted by Gasteiger charge is -2.33. The topological polar surface area (TPSA) is 64.3 Å². The molecule has 0 atom stereocenters. The van der Waals surface area contributed by atoms with Gasteiger partial charge in [0.1, 0.15) is 11.6 Å². The third kappa shape index (κ3) is 6.89. The maximum absolute atomic E-state index is 11.4. The predicted molar refractivity (Wildman–Crippen MR) is 161 cm³/mol. The standard InChI is InChI=1S/C32H36N2O2S2/c1-3-5-7-9-11-26-14-17-29(37-26)24-13-16-28-31(21-24)38-30-20-23(19-25(22-33)32(35)36)12-15-27(30)34(28)18-10-8-6-4-2/h12-17,19-21H,3-11,18H2,1-2H3,(H,35,36)/b25-19+. The quantitative estimate of drug-likeness (QED) is 0.132. The molecule has 2 aromatic carbocycles. The van der Waals surface area contributed by atoms with Gasteiger partial charge < -0.3 is 10.0 Å². The maximum Gasteiger partial charge on any atom is 0.346 e. The van der Waals surface area contributed by atoms with Crippen LogP contribution in [0.25, 0.3) is 16.5 Å². The number of carboxylic acids is 1. The van der Waals surface area contributed by atoms with E-state index in [9.17, 15) is 15.2 Å². The van der Waals surface area contributed by atoms with Crippen LogP contribution in [0.1, 0.15) is 75.7 Å². The fourth-order valence-electron chi connectivity index (χ4n) is 4.79. The van der Waals surface area contributed by atoms with E-state index in [1.807, 2.05) is 23.5 Å². The molecule has 0 saturated carbocycles. The number of aryl methyl sites for hydroxylation is 1. The normalized spacial score (nSPS) is 12.7. The molecule has 0 aliphatic carbocycles. The molecular formula is C32H36N2O2S2. The van der Waals surface area contributed by atoms with Crippen molar-refractivity contribution in [1.82, 2.24) is 0 Å². The summed E-state index contributed by atoms with van der Waals surface area (Å²) < 4.78 is 0. The molecule has 0 spiro atoms. The number of unbranched alkanes of at least 4 members (excludes halogenated alkanes) is 6. The molecule has 4 rings (SSSR count). The molecule has 0 amide bonds. The fourth-order valence-corrected chi connectivity index (χ4v) is 7.01. The number of carboxylic acid groups (broad SMARTS) is 1. The Bertz CT molecular complexity index is 1340. The number of aliphatic carboxylic acids is 1. The van der Waals surface area contributed by atoms with E-state index in [1.165, 1.54) is 76.9 Å². The number of nitriles is 1. The number of anilines is 2. The van der Waals surface area contributed by atoms with Crippen LogP contribution in [-0.4, -0.2) is 17.6 Å². The summed E-state index contributed by atoms with van der Waals surface area (Å²) in [6.07, 6.45) is 12.5. The van der Waals surface area contributed by atoms with Crippen LogP contribution in [0.2, 0.25) is 0 Å². The van der Waals surface area contributed by atoms with Gasteiger partial charge in [0.05, 0.1) is 11.4 Å².